The van der Waals surface area contributed by atoms with Crippen molar-refractivity contribution in [3.05, 3.63) is 59.2 Å². The lowest BCUT2D eigenvalue weighted by Crippen LogP contribution is -2.46. The number of hydrogen-bond acceptors (Lipinski definition) is 6. The Balaban J connectivity index is 1.65. The van der Waals surface area contributed by atoms with Crippen LogP contribution in [-0.2, 0) is 10.0 Å². The fraction of sp³-hybridized carbons (Fsp3) is 0.360. The zero-order valence-corrected chi connectivity index (χ0v) is 20.5. The minimum absolute atomic E-state index is 0.100. The lowest BCUT2D eigenvalue weighted by molar-refractivity contribution is 0.0699. The Hall–Kier alpha value is -3.17. The van der Waals surface area contributed by atoms with Gasteiger partial charge in [0.15, 0.2) is 0 Å². The molecule has 1 aliphatic rings. The first-order valence-electron chi connectivity index (χ1n) is 11.4. The number of aromatic carboxylic acids is 1. The summed E-state index contributed by atoms with van der Waals surface area (Å²) >= 11 is 0. The average Bonchev–Trinajstić information content (AvgIpc) is 2.78. The van der Waals surface area contributed by atoms with Gasteiger partial charge in [0.05, 0.1) is 16.0 Å². The number of fused-ring (bicyclic) bond motifs is 1. The average molecular weight is 483 g/mol. The highest BCUT2D eigenvalue weighted by Gasteiger charge is 2.21. The molecule has 2 aromatic carbocycles. The van der Waals surface area contributed by atoms with Crippen molar-refractivity contribution >= 4 is 38.4 Å². The SMILES string of the molecule is CCCN1CCN(c2cc(C(=O)O)c3cc(NS(=O)(=O)c4cc(C)cc(C)c4)ccc3n2)CC1. The van der Waals surface area contributed by atoms with Crippen LogP contribution in [0.25, 0.3) is 10.9 Å². The molecule has 0 unspecified atom stereocenters. The summed E-state index contributed by atoms with van der Waals surface area (Å²) in [5, 5.41) is 10.3. The highest BCUT2D eigenvalue weighted by Crippen LogP contribution is 2.28. The van der Waals surface area contributed by atoms with Crippen LogP contribution in [0.1, 0.15) is 34.8 Å². The third-order valence-corrected chi connectivity index (χ3v) is 7.38. The minimum atomic E-state index is -3.83. The molecule has 3 aromatic rings. The second-order valence-electron chi connectivity index (χ2n) is 8.82. The number of carbonyl (C=O) groups is 1. The molecule has 8 nitrogen and oxygen atoms in total. The van der Waals surface area contributed by atoms with Crippen molar-refractivity contribution in [2.24, 2.45) is 0 Å². The molecular weight excluding hydrogens is 452 g/mol. The monoisotopic (exact) mass is 482 g/mol. The van der Waals surface area contributed by atoms with Crippen LogP contribution in [0.4, 0.5) is 11.5 Å². The van der Waals surface area contributed by atoms with Gasteiger partial charge in [-0.05, 0) is 74.3 Å². The van der Waals surface area contributed by atoms with Gasteiger partial charge in [-0.25, -0.2) is 18.2 Å². The normalized spacial score (nSPS) is 15.0. The molecule has 0 aliphatic carbocycles. The molecule has 0 spiro atoms. The maximum absolute atomic E-state index is 12.9. The number of carboxylic acid groups (broad SMARTS) is 1. The number of nitrogens with one attached hydrogen (secondary N) is 1. The van der Waals surface area contributed by atoms with E-state index in [0.29, 0.717) is 16.7 Å². The fourth-order valence-corrected chi connectivity index (χ4v) is 5.67. The summed E-state index contributed by atoms with van der Waals surface area (Å²) in [6.45, 7) is 10.3. The fourth-order valence-electron chi connectivity index (χ4n) is 4.43. The van der Waals surface area contributed by atoms with E-state index in [1.807, 2.05) is 19.9 Å². The predicted octanol–water partition coefficient (Wildman–Crippen LogP) is 3.88. The second kappa shape index (κ2) is 9.60. The number of piperazine rings is 1. The van der Waals surface area contributed by atoms with E-state index < -0.39 is 16.0 Å². The third-order valence-electron chi connectivity index (χ3n) is 6.02. The molecule has 2 heterocycles. The molecule has 1 aromatic heterocycles. The number of pyridine rings is 1. The van der Waals surface area contributed by atoms with Gasteiger partial charge in [-0.2, -0.15) is 0 Å². The molecular formula is C25H30N4O4S. The number of aromatic nitrogens is 1. The van der Waals surface area contributed by atoms with Crippen LogP contribution >= 0.6 is 0 Å². The quantitative estimate of drug-likeness (QED) is 0.527. The molecule has 1 saturated heterocycles. The van der Waals surface area contributed by atoms with Gasteiger partial charge in [-0.1, -0.05) is 13.0 Å². The summed E-state index contributed by atoms with van der Waals surface area (Å²) < 4.78 is 28.5. The first-order valence-corrected chi connectivity index (χ1v) is 12.9. The summed E-state index contributed by atoms with van der Waals surface area (Å²) in [6, 6.07) is 11.5. The lowest BCUT2D eigenvalue weighted by atomic mass is 10.1. The summed E-state index contributed by atoms with van der Waals surface area (Å²) in [6.07, 6.45) is 1.10. The number of carboxylic acids is 1. The number of sulfonamides is 1. The van der Waals surface area contributed by atoms with Gasteiger partial charge in [0.1, 0.15) is 5.82 Å². The van der Waals surface area contributed by atoms with E-state index in [9.17, 15) is 18.3 Å². The molecule has 9 heteroatoms. The summed E-state index contributed by atoms with van der Waals surface area (Å²) in [5.74, 6) is -0.447. The number of hydrogen-bond donors (Lipinski definition) is 2. The number of anilines is 2. The van der Waals surface area contributed by atoms with Crippen molar-refractivity contribution in [3.8, 4) is 0 Å². The highest BCUT2D eigenvalue weighted by molar-refractivity contribution is 7.92. The van der Waals surface area contributed by atoms with Crippen molar-refractivity contribution in [1.29, 1.82) is 0 Å². The first kappa shape index (κ1) is 24.0. The molecule has 180 valence electrons. The minimum Gasteiger partial charge on any atom is -0.478 e. The van der Waals surface area contributed by atoms with E-state index in [1.54, 1.807) is 30.3 Å². The molecule has 0 atom stereocenters. The zero-order valence-electron chi connectivity index (χ0n) is 19.7. The molecule has 34 heavy (non-hydrogen) atoms. The Labute approximate surface area is 200 Å². The number of nitrogens with zero attached hydrogens (tertiary/aromatic N) is 3. The maximum Gasteiger partial charge on any atom is 0.336 e. The van der Waals surface area contributed by atoms with Crippen molar-refractivity contribution in [1.82, 2.24) is 9.88 Å². The molecule has 0 amide bonds. The molecule has 0 saturated carbocycles. The van der Waals surface area contributed by atoms with Gasteiger partial charge in [0.2, 0.25) is 0 Å². The van der Waals surface area contributed by atoms with E-state index in [0.717, 1.165) is 50.3 Å². The van der Waals surface area contributed by atoms with E-state index in [1.165, 1.54) is 6.07 Å². The molecule has 1 aliphatic heterocycles. The van der Waals surface area contributed by atoms with Crippen LogP contribution in [0, 0.1) is 13.8 Å². The first-order chi connectivity index (χ1) is 16.2. The largest absolute Gasteiger partial charge is 0.478 e. The summed E-state index contributed by atoms with van der Waals surface area (Å²) in [4.78, 5) is 21.5. The topological polar surface area (TPSA) is 103 Å². The van der Waals surface area contributed by atoms with Crippen molar-refractivity contribution in [3.63, 3.8) is 0 Å². The molecule has 0 bridgehead atoms. The molecule has 4 rings (SSSR count). The van der Waals surface area contributed by atoms with E-state index in [2.05, 4.69) is 21.4 Å². The Morgan fingerprint density at radius 2 is 1.71 bits per heavy atom. The standard InChI is InChI=1S/C25H30N4O4S/c1-4-7-28-8-10-29(11-9-28)24-16-22(25(30)31)21-15-19(5-6-23(21)26-24)27-34(32,33)20-13-17(2)12-18(3)14-20/h5-6,12-16,27H,4,7-11H2,1-3H3,(H,30,31). The van der Waals surface area contributed by atoms with Gasteiger partial charge in [0.25, 0.3) is 10.0 Å². The Kier molecular flexibility index (Phi) is 6.77. The van der Waals surface area contributed by atoms with Crippen LogP contribution in [0.15, 0.2) is 47.4 Å². The van der Waals surface area contributed by atoms with E-state index in [4.69, 9.17) is 4.98 Å². The highest BCUT2D eigenvalue weighted by atomic mass is 32.2. The number of aryl methyl sites for hydroxylation is 2. The Bertz CT molecular complexity index is 1310. The lowest BCUT2D eigenvalue weighted by Gasteiger charge is -2.35. The Morgan fingerprint density at radius 3 is 2.32 bits per heavy atom. The van der Waals surface area contributed by atoms with Crippen molar-refractivity contribution in [2.75, 3.05) is 42.3 Å². The van der Waals surface area contributed by atoms with Crippen LogP contribution in [0.5, 0.6) is 0 Å². The zero-order chi connectivity index (χ0) is 24.5. The van der Waals surface area contributed by atoms with E-state index in [-0.39, 0.29) is 16.1 Å². The van der Waals surface area contributed by atoms with Gasteiger partial charge >= 0.3 is 5.97 Å². The van der Waals surface area contributed by atoms with Gasteiger partial charge in [0, 0.05) is 37.3 Å². The predicted molar refractivity (Wildman–Crippen MR) is 134 cm³/mol. The molecule has 0 radical (unpaired) electrons. The van der Waals surface area contributed by atoms with Crippen LogP contribution in [0.2, 0.25) is 0 Å². The molecule has 2 N–H and O–H groups in total. The van der Waals surface area contributed by atoms with E-state index >= 15 is 0 Å². The van der Waals surface area contributed by atoms with Crippen LogP contribution in [-0.4, -0.2) is 62.1 Å². The van der Waals surface area contributed by atoms with Crippen molar-refractivity contribution in [2.45, 2.75) is 32.1 Å². The summed E-state index contributed by atoms with van der Waals surface area (Å²) in [7, 11) is -3.83. The van der Waals surface area contributed by atoms with Gasteiger partial charge in [-0.3, -0.25) is 9.62 Å². The Morgan fingerprint density at radius 1 is 1.03 bits per heavy atom. The van der Waals surface area contributed by atoms with Crippen LogP contribution in [0.3, 0.4) is 0 Å². The van der Waals surface area contributed by atoms with Crippen LogP contribution < -0.4 is 9.62 Å². The molecule has 1 fully saturated rings. The number of rotatable bonds is 7. The third kappa shape index (κ3) is 5.15. The van der Waals surface area contributed by atoms with Gasteiger partial charge < -0.3 is 10.0 Å². The van der Waals surface area contributed by atoms with Gasteiger partial charge in [-0.15, -0.1) is 0 Å². The number of benzene rings is 2. The van der Waals surface area contributed by atoms with Crippen molar-refractivity contribution < 1.29 is 18.3 Å². The summed E-state index contributed by atoms with van der Waals surface area (Å²) in [5.41, 5.74) is 2.60. The second-order valence-corrected chi connectivity index (χ2v) is 10.5. The smallest absolute Gasteiger partial charge is 0.336 e. The maximum atomic E-state index is 12.9.